The smallest absolute Gasteiger partial charge is 0.481 e. The molecular weight excluding hydrogens is 965 g/mol. The van der Waals surface area contributed by atoms with E-state index in [1.807, 2.05) is 43.1 Å². The fraction of sp³-hybridized carbons (Fsp3) is 0.543. The summed E-state index contributed by atoms with van der Waals surface area (Å²) in [7, 11) is 0. The Morgan fingerprint density at radius 2 is 1.57 bits per heavy atom. The molecule has 398 valence electrons. The molecule has 0 bridgehead atoms. The number of ether oxygens (including phenoxy) is 4. The average Bonchev–Trinajstić information content (AvgIpc) is 4.01. The Hall–Kier alpha value is -6.61. The van der Waals surface area contributed by atoms with Crippen molar-refractivity contribution in [3.63, 3.8) is 0 Å². The molecule has 2 atom stereocenters. The number of carbonyl (C=O) groups is 6. The first kappa shape index (κ1) is 59.7. The van der Waals surface area contributed by atoms with Crippen molar-refractivity contribution >= 4 is 52.9 Å². The number of cyclic esters (lactones) is 1. The number of aromatic nitrogens is 2. The minimum Gasteiger partial charge on any atom is -0.481 e. The Labute approximate surface area is 411 Å². The van der Waals surface area contributed by atoms with Crippen LogP contribution in [-0.2, 0) is 78.0 Å². The number of likely N-dealkylation sites (tertiary alicyclic amines) is 1. The molecule has 0 aliphatic carbocycles. The highest BCUT2D eigenvalue weighted by atomic mass is 19.4. The highest BCUT2D eigenvalue weighted by molar-refractivity contribution is 5.90. The number of amides is 3. The van der Waals surface area contributed by atoms with Crippen LogP contribution in [0.5, 0.6) is 0 Å². The molecule has 3 aromatic rings. The summed E-state index contributed by atoms with van der Waals surface area (Å²) in [6.07, 6.45) is -1.59. The summed E-state index contributed by atoms with van der Waals surface area (Å²) in [6, 6.07) is 8.52. The number of fused-ring (bicyclic) bond motifs is 5. The molecular formula is C46H62F4N8O14. The van der Waals surface area contributed by atoms with Crippen molar-refractivity contribution in [1.29, 1.82) is 5.41 Å². The van der Waals surface area contributed by atoms with Crippen LogP contribution in [0.15, 0.2) is 35.1 Å². The average molecular weight is 1030 g/mol. The number of nitrogens with zero attached hydrogens (tertiary/aromatic N) is 4. The van der Waals surface area contributed by atoms with Gasteiger partial charge in [-0.2, -0.15) is 13.2 Å². The number of carbonyl (C=O) groups excluding carboxylic acids is 5. The Morgan fingerprint density at radius 1 is 0.958 bits per heavy atom. The fourth-order valence-corrected chi connectivity index (χ4v) is 7.76. The summed E-state index contributed by atoms with van der Waals surface area (Å²) in [5.74, 6) is -5.54. The molecule has 0 unspecified atom stereocenters. The van der Waals surface area contributed by atoms with Gasteiger partial charge in [-0.05, 0) is 42.9 Å². The van der Waals surface area contributed by atoms with Crippen LogP contribution >= 0.6 is 0 Å². The van der Waals surface area contributed by atoms with Gasteiger partial charge in [0.2, 0.25) is 17.7 Å². The zero-order valence-electron chi connectivity index (χ0n) is 40.2. The molecule has 2 aromatic heterocycles. The number of aliphatic hydroxyl groups is 1. The SMILES string of the molecule is CC[C@@]1(O)C(=O)OCc2c1cc1n(c2=O)Cc2c-1nc1ccccc1c2CN(C=N)[C@H](C(N)=O)C(C)C.NCCOCCOCCOCCC(N)=O.O=C(O)CCC(=O)N1CCCC1.O=C(OF)C(F)(F)F. The van der Waals surface area contributed by atoms with Gasteiger partial charge in [-0.15, -0.1) is 0 Å². The molecule has 26 heteroatoms. The number of esters is 1. The van der Waals surface area contributed by atoms with Crippen LogP contribution in [-0.4, -0.2) is 143 Å². The number of aliphatic carboxylic acids is 1. The number of hydrogen-bond acceptors (Lipinski definition) is 16. The van der Waals surface area contributed by atoms with E-state index >= 15 is 0 Å². The molecule has 3 amide bonds. The van der Waals surface area contributed by atoms with E-state index in [2.05, 4.69) is 0 Å². The number of alkyl halides is 3. The van der Waals surface area contributed by atoms with E-state index in [1.165, 1.54) is 0 Å². The Morgan fingerprint density at radius 3 is 2.08 bits per heavy atom. The first-order valence-corrected chi connectivity index (χ1v) is 22.8. The van der Waals surface area contributed by atoms with E-state index in [0.717, 1.165) is 48.8 Å². The molecule has 0 spiro atoms. The summed E-state index contributed by atoms with van der Waals surface area (Å²) in [5, 5.41) is 28.3. The lowest BCUT2D eigenvalue weighted by Gasteiger charge is -2.31. The molecule has 0 radical (unpaired) electrons. The number of halogens is 4. The molecule has 5 heterocycles. The predicted molar refractivity (Wildman–Crippen MR) is 248 cm³/mol. The number of nitrogens with one attached hydrogen (secondary N) is 1. The molecule has 72 heavy (non-hydrogen) atoms. The van der Waals surface area contributed by atoms with Gasteiger partial charge in [-0.1, -0.05) is 39.0 Å². The molecule has 3 aliphatic rings. The Kier molecular flexibility index (Phi) is 23.6. The minimum atomic E-state index is -5.23. The van der Waals surface area contributed by atoms with E-state index in [-0.39, 0.29) is 79.8 Å². The van der Waals surface area contributed by atoms with Gasteiger partial charge in [-0.3, -0.25) is 29.4 Å². The number of carboxylic acid groups (broad SMARTS) is 1. The summed E-state index contributed by atoms with van der Waals surface area (Å²) in [4.78, 5) is 89.2. The van der Waals surface area contributed by atoms with E-state index in [0.29, 0.717) is 63.1 Å². The largest absolute Gasteiger partial charge is 0.494 e. The highest BCUT2D eigenvalue weighted by Gasteiger charge is 2.46. The lowest BCUT2D eigenvalue weighted by atomic mass is 9.86. The Balaban J connectivity index is 0.000000319. The monoisotopic (exact) mass is 1030 g/mol. The standard InChI is InChI=1S/C27H29N5O5.C9H20N2O4.C8H13NO3.C2F4O2/c1-4-27(36)19-9-21-22-17(11-32(21)25(34)18(19)12-37-26(27)35)16(15-7-5-6-8-20(15)30-22)10-31(13-28)23(14(2)3)24(29)33;10-2-4-14-6-8-15-7-5-13-3-1-9(11)12;10-7(3-4-8(11)12)9-5-1-2-6-9;3-2(4,5)1(7)8-6/h5-9,13-14,23,28,36H,4,10-12H2,1-3H3,(H2,29,33);1-8,10H2,(H2,11,12);1-6H2,(H,11,12);/t23-,27-;;;/m0.../s1. The van der Waals surface area contributed by atoms with Crippen molar-refractivity contribution in [1.82, 2.24) is 19.4 Å². The number of nitrogens with two attached hydrogens (primary N) is 3. The van der Waals surface area contributed by atoms with E-state index in [1.54, 1.807) is 27.4 Å². The third kappa shape index (κ3) is 16.5. The molecule has 1 saturated heterocycles. The molecule has 9 N–H and O–H groups in total. The van der Waals surface area contributed by atoms with Crippen LogP contribution in [0, 0.1) is 11.3 Å². The van der Waals surface area contributed by atoms with Crippen molar-refractivity contribution in [2.24, 2.45) is 23.1 Å². The van der Waals surface area contributed by atoms with Crippen LogP contribution in [0.3, 0.4) is 0 Å². The molecule has 1 fully saturated rings. The van der Waals surface area contributed by atoms with Crippen molar-refractivity contribution in [2.75, 3.05) is 59.3 Å². The number of para-hydroxylation sites is 1. The predicted octanol–water partition coefficient (Wildman–Crippen LogP) is 2.32. The second kappa shape index (κ2) is 28.4. The maximum atomic E-state index is 13.6. The van der Waals surface area contributed by atoms with Gasteiger partial charge in [0.25, 0.3) is 5.56 Å². The normalized spacial score (nSPS) is 15.8. The minimum absolute atomic E-state index is 0.0186. The molecule has 1 aromatic carbocycles. The summed E-state index contributed by atoms with van der Waals surface area (Å²) in [6.45, 7) is 10.7. The highest BCUT2D eigenvalue weighted by Crippen LogP contribution is 2.40. The zero-order valence-corrected chi connectivity index (χ0v) is 40.2. The maximum absolute atomic E-state index is 13.6. The number of rotatable bonds is 21. The van der Waals surface area contributed by atoms with Gasteiger partial charge in [0.1, 0.15) is 12.6 Å². The first-order valence-electron chi connectivity index (χ1n) is 22.8. The van der Waals surface area contributed by atoms with Gasteiger partial charge >= 0.3 is 24.1 Å². The molecule has 3 aliphatic heterocycles. The van der Waals surface area contributed by atoms with Crippen molar-refractivity contribution < 1.29 is 80.6 Å². The van der Waals surface area contributed by atoms with Gasteiger partial charge in [0.15, 0.2) is 5.60 Å². The first-order chi connectivity index (χ1) is 34.1. The number of hydrogen-bond donors (Lipinski definition) is 6. The second-order valence-electron chi connectivity index (χ2n) is 16.6. The molecule has 6 rings (SSSR count). The van der Waals surface area contributed by atoms with Gasteiger partial charge in [-0.25, -0.2) is 19.5 Å². The van der Waals surface area contributed by atoms with Crippen LogP contribution in [0.2, 0.25) is 0 Å². The third-order valence-corrected chi connectivity index (χ3v) is 11.3. The van der Waals surface area contributed by atoms with Gasteiger partial charge < -0.3 is 60.7 Å². The van der Waals surface area contributed by atoms with Crippen LogP contribution < -0.4 is 22.8 Å². The molecule has 0 saturated carbocycles. The van der Waals surface area contributed by atoms with Crippen molar-refractivity contribution in [3.8, 4) is 11.4 Å². The maximum Gasteiger partial charge on any atom is 0.494 e. The second-order valence-corrected chi connectivity index (χ2v) is 16.6. The number of primary amides is 2. The van der Waals surface area contributed by atoms with Crippen LogP contribution in [0.4, 0.5) is 17.7 Å². The van der Waals surface area contributed by atoms with Gasteiger partial charge in [0, 0.05) is 60.1 Å². The number of carboxylic acids is 1. The fourth-order valence-electron chi connectivity index (χ4n) is 7.76. The van der Waals surface area contributed by atoms with Crippen molar-refractivity contribution in [3.05, 3.63) is 62.9 Å². The summed E-state index contributed by atoms with van der Waals surface area (Å²) < 4.78 is 64.6. The third-order valence-electron chi connectivity index (χ3n) is 11.3. The van der Waals surface area contributed by atoms with Crippen LogP contribution in [0.25, 0.3) is 22.3 Å². The van der Waals surface area contributed by atoms with E-state index in [9.17, 15) is 51.6 Å². The number of pyridine rings is 2. The Bertz CT molecular complexity index is 2430. The summed E-state index contributed by atoms with van der Waals surface area (Å²) in [5.41, 5.74) is 17.5. The van der Waals surface area contributed by atoms with Crippen molar-refractivity contribution in [2.45, 2.75) is 96.8 Å². The summed E-state index contributed by atoms with van der Waals surface area (Å²) >= 11 is 0. The van der Waals surface area contributed by atoms with Crippen LogP contribution in [0.1, 0.15) is 81.5 Å². The zero-order chi connectivity index (χ0) is 53.8. The lowest BCUT2D eigenvalue weighted by Crippen LogP contribution is -2.47. The van der Waals surface area contributed by atoms with E-state index < -0.39 is 41.6 Å². The topological polar surface area (TPSA) is 332 Å². The van der Waals surface area contributed by atoms with Gasteiger partial charge in [0.05, 0.1) is 81.4 Å². The quantitative estimate of drug-likeness (QED) is 0.0229. The number of benzene rings is 1. The van der Waals surface area contributed by atoms with E-state index in [4.69, 9.17) is 56.4 Å². The molecule has 22 nitrogen and oxygen atoms in total. The lowest BCUT2D eigenvalue weighted by molar-refractivity contribution is -0.234.